The highest BCUT2D eigenvalue weighted by Crippen LogP contribution is 2.35. The average molecular weight is 336 g/mol. The third kappa shape index (κ3) is 3.24. The van der Waals surface area contributed by atoms with Gasteiger partial charge in [0.15, 0.2) is 11.5 Å². The molecule has 24 heavy (non-hydrogen) atoms. The SMILES string of the molecule is COc1cc(OC)c(OC)cc1/C=C1/NC(=O)N(CC(=O)O)C1=O. The Labute approximate surface area is 137 Å². The number of urea groups is 1. The highest BCUT2D eigenvalue weighted by molar-refractivity contribution is 6.15. The summed E-state index contributed by atoms with van der Waals surface area (Å²) < 4.78 is 15.6. The second-order valence-corrected chi connectivity index (χ2v) is 4.72. The average Bonchev–Trinajstić information content (AvgIpc) is 2.81. The quantitative estimate of drug-likeness (QED) is 0.580. The van der Waals surface area contributed by atoms with E-state index in [1.165, 1.54) is 27.4 Å². The molecule has 0 aromatic heterocycles. The molecule has 0 radical (unpaired) electrons. The highest BCUT2D eigenvalue weighted by Gasteiger charge is 2.35. The Bertz CT molecular complexity index is 727. The maximum absolute atomic E-state index is 12.1. The molecular formula is C15H16N2O7. The fourth-order valence-electron chi connectivity index (χ4n) is 2.17. The number of carboxylic acid groups (broad SMARTS) is 1. The van der Waals surface area contributed by atoms with Gasteiger partial charge in [0.25, 0.3) is 5.91 Å². The molecular weight excluding hydrogens is 320 g/mol. The van der Waals surface area contributed by atoms with E-state index in [1.54, 1.807) is 12.1 Å². The van der Waals surface area contributed by atoms with Crippen LogP contribution in [0.15, 0.2) is 17.8 Å². The van der Waals surface area contributed by atoms with Crippen LogP contribution in [-0.4, -0.2) is 55.8 Å². The molecule has 0 bridgehead atoms. The third-order valence-corrected chi connectivity index (χ3v) is 3.29. The van der Waals surface area contributed by atoms with Crippen LogP contribution in [0, 0.1) is 0 Å². The predicted molar refractivity (Wildman–Crippen MR) is 82.0 cm³/mol. The monoisotopic (exact) mass is 336 g/mol. The van der Waals surface area contributed by atoms with Gasteiger partial charge in [0, 0.05) is 11.6 Å². The Morgan fingerprint density at radius 2 is 1.71 bits per heavy atom. The van der Waals surface area contributed by atoms with Crippen molar-refractivity contribution in [2.75, 3.05) is 27.9 Å². The zero-order valence-electron chi connectivity index (χ0n) is 13.3. The molecule has 0 atom stereocenters. The highest BCUT2D eigenvalue weighted by atomic mass is 16.5. The van der Waals surface area contributed by atoms with Gasteiger partial charge in [-0.05, 0) is 12.1 Å². The number of hydrogen-bond acceptors (Lipinski definition) is 6. The van der Waals surface area contributed by atoms with Gasteiger partial charge in [0.05, 0.1) is 21.3 Å². The first-order valence-corrected chi connectivity index (χ1v) is 6.77. The van der Waals surface area contributed by atoms with Gasteiger partial charge in [0.1, 0.15) is 18.0 Å². The van der Waals surface area contributed by atoms with Crippen LogP contribution in [0.3, 0.4) is 0 Å². The molecule has 1 saturated heterocycles. The normalized spacial score (nSPS) is 15.5. The zero-order chi connectivity index (χ0) is 17.9. The minimum Gasteiger partial charge on any atom is -0.496 e. The zero-order valence-corrected chi connectivity index (χ0v) is 13.3. The van der Waals surface area contributed by atoms with E-state index >= 15 is 0 Å². The number of rotatable bonds is 6. The summed E-state index contributed by atoms with van der Waals surface area (Å²) in [5.41, 5.74) is 0.391. The molecule has 128 valence electrons. The van der Waals surface area contributed by atoms with E-state index in [-0.39, 0.29) is 5.70 Å². The molecule has 2 N–H and O–H groups in total. The van der Waals surface area contributed by atoms with Crippen LogP contribution in [-0.2, 0) is 9.59 Å². The number of carbonyl (C=O) groups is 3. The van der Waals surface area contributed by atoms with E-state index in [2.05, 4.69) is 5.32 Å². The Balaban J connectivity index is 2.42. The number of ether oxygens (including phenoxy) is 3. The van der Waals surface area contributed by atoms with Crippen molar-refractivity contribution in [3.8, 4) is 17.2 Å². The van der Waals surface area contributed by atoms with Crippen LogP contribution in [0.2, 0.25) is 0 Å². The second kappa shape index (κ2) is 6.90. The van der Waals surface area contributed by atoms with Crippen LogP contribution in [0.25, 0.3) is 6.08 Å². The lowest BCUT2D eigenvalue weighted by atomic mass is 10.1. The van der Waals surface area contributed by atoms with Gasteiger partial charge in [-0.3, -0.25) is 9.59 Å². The van der Waals surface area contributed by atoms with E-state index < -0.39 is 24.5 Å². The van der Waals surface area contributed by atoms with Crippen molar-refractivity contribution in [2.45, 2.75) is 0 Å². The fraction of sp³-hybridized carbons (Fsp3) is 0.267. The summed E-state index contributed by atoms with van der Waals surface area (Å²) >= 11 is 0. The van der Waals surface area contributed by atoms with Crippen molar-refractivity contribution in [3.63, 3.8) is 0 Å². The molecule has 3 amide bonds. The number of nitrogens with one attached hydrogen (secondary N) is 1. The van der Waals surface area contributed by atoms with Crippen LogP contribution in [0.5, 0.6) is 17.2 Å². The predicted octanol–water partition coefficient (Wildman–Crippen LogP) is 0.690. The maximum atomic E-state index is 12.1. The van der Waals surface area contributed by atoms with E-state index in [0.717, 1.165) is 0 Å². The van der Waals surface area contributed by atoms with Crippen LogP contribution in [0.4, 0.5) is 4.79 Å². The van der Waals surface area contributed by atoms with E-state index in [4.69, 9.17) is 19.3 Å². The molecule has 1 aromatic carbocycles. The molecule has 1 fully saturated rings. The smallest absolute Gasteiger partial charge is 0.329 e. The molecule has 9 nitrogen and oxygen atoms in total. The van der Waals surface area contributed by atoms with E-state index in [0.29, 0.717) is 27.7 Å². The van der Waals surface area contributed by atoms with Gasteiger partial charge >= 0.3 is 12.0 Å². The van der Waals surface area contributed by atoms with E-state index in [9.17, 15) is 14.4 Å². The van der Waals surface area contributed by atoms with Crippen molar-refractivity contribution >= 4 is 24.0 Å². The van der Waals surface area contributed by atoms with Gasteiger partial charge in [-0.25, -0.2) is 9.69 Å². The molecule has 0 saturated carbocycles. The minimum atomic E-state index is -1.29. The first-order chi connectivity index (χ1) is 11.4. The summed E-state index contributed by atoms with van der Waals surface area (Å²) in [6.07, 6.45) is 1.38. The Kier molecular flexibility index (Phi) is 4.93. The lowest BCUT2D eigenvalue weighted by Crippen LogP contribution is -2.35. The second-order valence-electron chi connectivity index (χ2n) is 4.72. The largest absolute Gasteiger partial charge is 0.496 e. The van der Waals surface area contributed by atoms with Crippen LogP contribution >= 0.6 is 0 Å². The summed E-state index contributed by atoms with van der Waals surface area (Å²) in [5, 5.41) is 11.1. The summed E-state index contributed by atoms with van der Waals surface area (Å²) in [6.45, 7) is -0.717. The first kappa shape index (κ1) is 17.1. The third-order valence-electron chi connectivity index (χ3n) is 3.29. The molecule has 0 spiro atoms. The van der Waals surface area contributed by atoms with Crippen molar-refractivity contribution in [1.29, 1.82) is 0 Å². The molecule has 1 heterocycles. The molecule has 0 unspecified atom stereocenters. The lowest BCUT2D eigenvalue weighted by molar-refractivity contribution is -0.140. The summed E-state index contributed by atoms with van der Waals surface area (Å²) in [4.78, 5) is 35.2. The topological polar surface area (TPSA) is 114 Å². The molecule has 1 aromatic rings. The minimum absolute atomic E-state index is 0.0632. The van der Waals surface area contributed by atoms with Gasteiger partial charge in [0.2, 0.25) is 0 Å². The number of carbonyl (C=O) groups excluding carboxylic acids is 2. The van der Waals surface area contributed by atoms with Crippen molar-refractivity contribution in [2.24, 2.45) is 0 Å². The number of methoxy groups -OCH3 is 3. The lowest BCUT2D eigenvalue weighted by Gasteiger charge is -2.12. The number of carboxylic acids is 1. The molecule has 9 heteroatoms. The van der Waals surface area contributed by atoms with Gasteiger partial charge in [-0.2, -0.15) is 0 Å². The van der Waals surface area contributed by atoms with Crippen molar-refractivity contribution < 1.29 is 33.7 Å². The number of nitrogens with zero attached hydrogens (tertiary/aromatic N) is 1. The van der Waals surface area contributed by atoms with E-state index in [1.807, 2.05) is 0 Å². The number of benzene rings is 1. The number of amides is 3. The van der Waals surface area contributed by atoms with Crippen LogP contribution < -0.4 is 19.5 Å². The number of imide groups is 1. The molecule has 1 aliphatic rings. The maximum Gasteiger partial charge on any atom is 0.329 e. The van der Waals surface area contributed by atoms with Gasteiger partial charge < -0.3 is 24.6 Å². The summed E-state index contributed by atoms with van der Waals surface area (Å²) in [5.74, 6) is -0.795. The number of aliphatic carboxylic acids is 1. The Hall–Kier alpha value is -3.23. The van der Waals surface area contributed by atoms with Gasteiger partial charge in [-0.15, -0.1) is 0 Å². The van der Waals surface area contributed by atoms with Crippen LogP contribution in [0.1, 0.15) is 5.56 Å². The number of hydrogen-bond donors (Lipinski definition) is 2. The molecule has 2 rings (SSSR count). The molecule has 1 aliphatic heterocycles. The Morgan fingerprint density at radius 3 is 2.25 bits per heavy atom. The Morgan fingerprint density at radius 1 is 1.12 bits per heavy atom. The first-order valence-electron chi connectivity index (χ1n) is 6.77. The van der Waals surface area contributed by atoms with Gasteiger partial charge in [-0.1, -0.05) is 0 Å². The fourth-order valence-corrected chi connectivity index (χ4v) is 2.17. The molecule has 0 aliphatic carbocycles. The van der Waals surface area contributed by atoms with Crippen molar-refractivity contribution in [1.82, 2.24) is 10.2 Å². The summed E-state index contributed by atoms with van der Waals surface area (Å²) in [7, 11) is 4.37. The standard InChI is InChI=1S/C15H16N2O7/c1-22-10-6-12(24-3)11(23-2)5-8(10)4-9-14(20)17(7-13(18)19)15(21)16-9/h4-6H,7H2,1-3H3,(H,16,21)(H,18,19)/b9-4+. The van der Waals surface area contributed by atoms with Crippen molar-refractivity contribution in [3.05, 3.63) is 23.4 Å². The summed E-state index contributed by atoms with van der Waals surface area (Å²) in [6, 6.07) is 2.35.